The molecule has 1 aromatic carbocycles. The van der Waals surface area contributed by atoms with Gasteiger partial charge in [0.25, 0.3) is 0 Å². The van der Waals surface area contributed by atoms with Crippen LogP contribution in [0.4, 0.5) is 13.2 Å². The maximum Gasteiger partial charge on any atom is 0.387 e. The van der Waals surface area contributed by atoms with Crippen molar-refractivity contribution < 1.29 is 22.6 Å². The Bertz CT molecular complexity index is 653. The van der Waals surface area contributed by atoms with Crippen LogP contribution in [0, 0.1) is 11.7 Å². The van der Waals surface area contributed by atoms with Crippen LogP contribution < -0.4 is 15.4 Å². The van der Waals surface area contributed by atoms with E-state index in [1.165, 1.54) is 18.2 Å². The summed E-state index contributed by atoms with van der Waals surface area (Å²) in [6.07, 6.45) is 0. The van der Waals surface area contributed by atoms with Gasteiger partial charge in [0, 0.05) is 32.2 Å². The number of guanidine groups is 1. The summed E-state index contributed by atoms with van der Waals surface area (Å²) < 4.78 is 49.2. The van der Waals surface area contributed by atoms with Crippen molar-refractivity contribution in [2.24, 2.45) is 10.9 Å². The number of ether oxygens (including phenoxy) is 2. The third-order valence-corrected chi connectivity index (χ3v) is 4.79. The first-order chi connectivity index (χ1) is 13.9. The molecule has 0 aliphatic carbocycles. The Morgan fingerprint density at radius 3 is 2.59 bits per heavy atom. The fourth-order valence-electron chi connectivity index (χ4n) is 3.30. The van der Waals surface area contributed by atoms with Crippen LogP contribution >= 0.6 is 0 Å². The molecule has 0 bridgehead atoms. The fourth-order valence-corrected chi connectivity index (χ4v) is 3.30. The molecule has 1 aliphatic heterocycles. The maximum absolute atomic E-state index is 14.1. The Balaban J connectivity index is 2.07. The maximum atomic E-state index is 14.1. The molecule has 1 unspecified atom stereocenters. The van der Waals surface area contributed by atoms with Gasteiger partial charge >= 0.3 is 6.61 Å². The van der Waals surface area contributed by atoms with E-state index in [0.29, 0.717) is 25.0 Å². The van der Waals surface area contributed by atoms with Gasteiger partial charge in [0.2, 0.25) is 0 Å². The molecule has 6 nitrogen and oxygen atoms in total. The minimum Gasteiger partial charge on any atom is -0.434 e. The van der Waals surface area contributed by atoms with Crippen LogP contribution in [0.2, 0.25) is 0 Å². The van der Waals surface area contributed by atoms with E-state index < -0.39 is 12.4 Å². The Hall–Kier alpha value is -2.00. The predicted molar refractivity (Wildman–Crippen MR) is 107 cm³/mol. The topological polar surface area (TPSA) is 58.1 Å². The molecule has 2 N–H and O–H groups in total. The summed E-state index contributed by atoms with van der Waals surface area (Å²) in [5.41, 5.74) is -0.00130. The lowest BCUT2D eigenvalue weighted by atomic mass is 10.0. The third kappa shape index (κ3) is 7.40. The monoisotopic (exact) mass is 416 g/mol. The van der Waals surface area contributed by atoms with Gasteiger partial charge in [0.1, 0.15) is 11.6 Å². The Morgan fingerprint density at radius 2 is 1.97 bits per heavy atom. The molecule has 0 amide bonds. The van der Waals surface area contributed by atoms with Crippen LogP contribution in [0.1, 0.15) is 26.3 Å². The molecule has 1 aliphatic rings. The quantitative estimate of drug-likeness (QED) is 0.479. The molecule has 0 saturated carbocycles. The molecule has 0 radical (unpaired) electrons. The SMILES string of the molecule is CCNC(=NCc1c(F)cccc1OC(F)F)NCC(C(C)C)N1CCOCC1. The van der Waals surface area contributed by atoms with E-state index in [1.54, 1.807) is 0 Å². The zero-order valence-electron chi connectivity index (χ0n) is 17.3. The number of aliphatic imine (C=N–C) groups is 1. The molecule has 164 valence electrons. The summed E-state index contributed by atoms with van der Waals surface area (Å²) in [5, 5.41) is 6.41. The highest BCUT2D eigenvalue weighted by Gasteiger charge is 2.24. The van der Waals surface area contributed by atoms with Gasteiger partial charge in [-0.05, 0) is 25.0 Å². The van der Waals surface area contributed by atoms with Gasteiger partial charge in [0.05, 0.1) is 25.3 Å². The Morgan fingerprint density at radius 1 is 1.24 bits per heavy atom. The molecule has 2 rings (SSSR count). The summed E-state index contributed by atoms with van der Waals surface area (Å²) >= 11 is 0. The van der Waals surface area contributed by atoms with E-state index in [4.69, 9.17) is 4.74 Å². The van der Waals surface area contributed by atoms with Gasteiger partial charge < -0.3 is 20.1 Å². The first-order valence-corrected chi connectivity index (χ1v) is 9.98. The molecule has 29 heavy (non-hydrogen) atoms. The van der Waals surface area contributed by atoms with Gasteiger partial charge in [-0.2, -0.15) is 8.78 Å². The second kappa shape index (κ2) is 11.9. The van der Waals surface area contributed by atoms with Crippen LogP contribution in [-0.2, 0) is 11.3 Å². The number of nitrogens with one attached hydrogen (secondary N) is 2. The van der Waals surface area contributed by atoms with Crippen molar-refractivity contribution in [3.63, 3.8) is 0 Å². The molecular formula is C20H31F3N4O2. The molecule has 1 atom stereocenters. The summed E-state index contributed by atoms with van der Waals surface area (Å²) in [6.45, 7) is 7.58. The minimum atomic E-state index is -3.02. The van der Waals surface area contributed by atoms with Crippen molar-refractivity contribution >= 4 is 5.96 Å². The molecule has 9 heteroatoms. The van der Waals surface area contributed by atoms with Crippen molar-refractivity contribution in [1.82, 2.24) is 15.5 Å². The number of hydrogen-bond donors (Lipinski definition) is 2. The first-order valence-electron chi connectivity index (χ1n) is 9.98. The van der Waals surface area contributed by atoms with Gasteiger partial charge in [0.15, 0.2) is 5.96 Å². The standard InChI is InChI=1S/C20H31F3N4O2/c1-4-24-20(26-13-17(14(2)3)27-8-10-28-11-9-27)25-12-15-16(21)6-5-7-18(15)29-19(22)23/h5-7,14,17,19H,4,8-13H2,1-3H3,(H2,24,25,26). The predicted octanol–water partition coefficient (Wildman–Crippen LogP) is 2.84. The second-order valence-corrected chi connectivity index (χ2v) is 7.13. The fraction of sp³-hybridized carbons (Fsp3) is 0.650. The molecule has 0 aromatic heterocycles. The lowest BCUT2D eigenvalue weighted by Crippen LogP contribution is -2.52. The van der Waals surface area contributed by atoms with Crippen LogP contribution in [0.3, 0.4) is 0 Å². The number of alkyl halides is 2. The highest BCUT2D eigenvalue weighted by atomic mass is 19.3. The number of halogens is 3. The van der Waals surface area contributed by atoms with Crippen molar-refractivity contribution in [3.8, 4) is 5.75 Å². The average Bonchev–Trinajstić information content (AvgIpc) is 2.67. The number of nitrogens with zero attached hydrogens (tertiary/aromatic N) is 2. The first kappa shape index (κ1) is 23.3. The summed E-state index contributed by atoms with van der Waals surface area (Å²) in [6, 6.07) is 4.14. The van der Waals surface area contributed by atoms with Gasteiger partial charge in [-0.3, -0.25) is 4.90 Å². The minimum absolute atomic E-state index is 0.00130. The van der Waals surface area contributed by atoms with Crippen molar-refractivity contribution in [1.29, 1.82) is 0 Å². The lowest BCUT2D eigenvalue weighted by Gasteiger charge is -2.37. The average molecular weight is 416 g/mol. The van der Waals surface area contributed by atoms with Gasteiger partial charge in [-0.15, -0.1) is 0 Å². The van der Waals surface area contributed by atoms with Crippen molar-refractivity contribution in [2.45, 2.75) is 40.0 Å². The molecule has 1 saturated heterocycles. The highest BCUT2D eigenvalue weighted by molar-refractivity contribution is 5.79. The van der Waals surface area contributed by atoms with E-state index in [2.05, 4.69) is 39.1 Å². The van der Waals surface area contributed by atoms with E-state index >= 15 is 0 Å². The molecule has 1 fully saturated rings. The Kier molecular flexibility index (Phi) is 9.53. The highest BCUT2D eigenvalue weighted by Crippen LogP contribution is 2.24. The van der Waals surface area contributed by atoms with Crippen LogP contribution in [0.25, 0.3) is 0 Å². The van der Waals surface area contributed by atoms with E-state index in [9.17, 15) is 13.2 Å². The van der Waals surface area contributed by atoms with Crippen LogP contribution in [-0.4, -0.2) is 62.9 Å². The molecule has 1 heterocycles. The summed E-state index contributed by atoms with van der Waals surface area (Å²) in [7, 11) is 0. The van der Waals surface area contributed by atoms with Crippen molar-refractivity contribution in [2.75, 3.05) is 39.4 Å². The zero-order chi connectivity index (χ0) is 21.2. The summed E-state index contributed by atoms with van der Waals surface area (Å²) in [4.78, 5) is 6.76. The van der Waals surface area contributed by atoms with Gasteiger partial charge in [-0.25, -0.2) is 9.38 Å². The summed E-state index contributed by atoms with van der Waals surface area (Å²) in [5.74, 6) is 0.0860. The molecular weight excluding hydrogens is 385 g/mol. The van der Waals surface area contributed by atoms with E-state index in [0.717, 1.165) is 26.3 Å². The molecule has 1 aromatic rings. The number of hydrogen-bond acceptors (Lipinski definition) is 4. The molecule has 0 spiro atoms. The number of benzene rings is 1. The number of rotatable bonds is 9. The normalized spacial score (nSPS) is 16.9. The zero-order valence-corrected chi connectivity index (χ0v) is 17.3. The van der Waals surface area contributed by atoms with Crippen LogP contribution in [0.15, 0.2) is 23.2 Å². The lowest BCUT2D eigenvalue weighted by molar-refractivity contribution is -0.0506. The third-order valence-electron chi connectivity index (χ3n) is 4.79. The van der Waals surface area contributed by atoms with Crippen molar-refractivity contribution in [3.05, 3.63) is 29.6 Å². The smallest absolute Gasteiger partial charge is 0.387 e. The number of morpholine rings is 1. The largest absolute Gasteiger partial charge is 0.434 e. The van der Waals surface area contributed by atoms with Crippen LogP contribution in [0.5, 0.6) is 5.75 Å². The Labute approximate surface area is 170 Å². The van der Waals surface area contributed by atoms with E-state index in [-0.39, 0.29) is 23.9 Å². The van der Waals surface area contributed by atoms with E-state index in [1.807, 2.05) is 6.92 Å². The second-order valence-electron chi connectivity index (χ2n) is 7.13. The van der Waals surface area contributed by atoms with Gasteiger partial charge in [-0.1, -0.05) is 19.9 Å².